The number of nitrogens with zero attached hydrogens (tertiary/aromatic N) is 1. The van der Waals surface area contributed by atoms with Gasteiger partial charge in [0, 0.05) is 17.5 Å². The van der Waals surface area contributed by atoms with Gasteiger partial charge in [0.1, 0.15) is 0 Å². The highest BCUT2D eigenvalue weighted by Crippen LogP contribution is 2.17. The monoisotopic (exact) mass is 317 g/mol. The van der Waals surface area contributed by atoms with Crippen molar-refractivity contribution in [1.82, 2.24) is 10.3 Å². The molecular weight excluding hydrogens is 298 g/mol. The topological polar surface area (TPSA) is 71.1 Å². The van der Waals surface area contributed by atoms with Crippen LogP contribution in [0.4, 0.5) is 5.13 Å². The standard InChI is InChI=1S/C16H19N3O2S/c1-11(2)9-17-14(20)8-13-10-22-16(18-13)19-15(21)12-6-4-3-5-7-12/h3-7,10-11H,8-9H2,1-2H3,(H,17,20)(H,18,19,21). The van der Waals surface area contributed by atoms with Crippen molar-refractivity contribution in [3.8, 4) is 0 Å². The number of carbonyl (C=O) groups is 2. The molecule has 0 atom stereocenters. The Hall–Kier alpha value is -2.21. The van der Waals surface area contributed by atoms with Gasteiger partial charge in [0.2, 0.25) is 5.91 Å². The van der Waals surface area contributed by atoms with Crippen LogP contribution in [0, 0.1) is 5.92 Å². The van der Waals surface area contributed by atoms with Gasteiger partial charge in [-0.2, -0.15) is 0 Å². The van der Waals surface area contributed by atoms with Gasteiger partial charge in [-0.05, 0) is 18.1 Å². The number of anilines is 1. The molecule has 2 amide bonds. The third-order valence-electron chi connectivity index (χ3n) is 2.86. The molecule has 1 aromatic heterocycles. The summed E-state index contributed by atoms with van der Waals surface area (Å²) in [6.07, 6.45) is 0.227. The van der Waals surface area contributed by atoms with Gasteiger partial charge in [-0.1, -0.05) is 32.0 Å². The maximum Gasteiger partial charge on any atom is 0.257 e. The number of rotatable bonds is 6. The van der Waals surface area contributed by atoms with E-state index in [0.29, 0.717) is 28.9 Å². The molecule has 0 spiro atoms. The molecule has 0 radical (unpaired) electrons. The van der Waals surface area contributed by atoms with E-state index < -0.39 is 0 Å². The van der Waals surface area contributed by atoms with Crippen LogP contribution in [0.2, 0.25) is 0 Å². The largest absolute Gasteiger partial charge is 0.356 e. The third-order valence-corrected chi connectivity index (χ3v) is 3.66. The summed E-state index contributed by atoms with van der Waals surface area (Å²) in [5, 5.41) is 7.87. The van der Waals surface area contributed by atoms with E-state index in [2.05, 4.69) is 15.6 Å². The maximum absolute atomic E-state index is 12.0. The Kier molecular flexibility index (Phi) is 5.66. The first-order valence-corrected chi connectivity index (χ1v) is 8.00. The molecule has 6 heteroatoms. The molecule has 0 aliphatic heterocycles. The average Bonchev–Trinajstić information content (AvgIpc) is 2.93. The van der Waals surface area contributed by atoms with E-state index in [1.807, 2.05) is 19.9 Å². The van der Waals surface area contributed by atoms with Gasteiger partial charge in [0.05, 0.1) is 12.1 Å². The van der Waals surface area contributed by atoms with Gasteiger partial charge >= 0.3 is 0 Å². The molecule has 2 aromatic rings. The van der Waals surface area contributed by atoms with Crippen LogP contribution in [0.25, 0.3) is 0 Å². The summed E-state index contributed by atoms with van der Waals surface area (Å²) < 4.78 is 0. The van der Waals surface area contributed by atoms with E-state index in [1.54, 1.807) is 29.6 Å². The van der Waals surface area contributed by atoms with Crippen LogP contribution >= 0.6 is 11.3 Å². The summed E-state index contributed by atoms with van der Waals surface area (Å²) >= 11 is 1.32. The molecule has 0 bridgehead atoms. The van der Waals surface area contributed by atoms with Crippen molar-refractivity contribution in [2.75, 3.05) is 11.9 Å². The highest BCUT2D eigenvalue weighted by atomic mass is 32.1. The number of carbonyl (C=O) groups excluding carboxylic acids is 2. The molecule has 0 saturated heterocycles. The minimum absolute atomic E-state index is 0.0556. The highest BCUT2D eigenvalue weighted by molar-refractivity contribution is 7.14. The second-order valence-electron chi connectivity index (χ2n) is 5.34. The number of thiazole rings is 1. The average molecular weight is 317 g/mol. The Morgan fingerprint density at radius 3 is 2.64 bits per heavy atom. The molecule has 0 aliphatic rings. The molecule has 0 saturated carbocycles. The fourth-order valence-corrected chi connectivity index (χ4v) is 2.45. The van der Waals surface area contributed by atoms with Crippen LogP contribution < -0.4 is 10.6 Å². The Balaban J connectivity index is 1.89. The first-order valence-electron chi connectivity index (χ1n) is 7.12. The molecule has 22 heavy (non-hydrogen) atoms. The van der Waals surface area contributed by atoms with Gasteiger partial charge in [0.15, 0.2) is 5.13 Å². The first-order chi connectivity index (χ1) is 10.5. The lowest BCUT2D eigenvalue weighted by atomic mass is 10.2. The second kappa shape index (κ2) is 7.70. The lowest BCUT2D eigenvalue weighted by molar-refractivity contribution is -0.120. The van der Waals surface area contributed by atoms with E-state index >= 15 is 0 Å². The maximum atomic E-state index is 12.0. The van der Waals surface area contributed by atoms with Crippen molar-refractivity contribution in [3.05, 3.63) is 47.0 Å². The van der Waals surface area contributed by atoms with Gasteiger partial charge in [-0.25, -0.2) is 4.98 Å². The summed E-state index contributed by atoms with van der Waals surface area (Å²) in [5.41, 5.74) is 1.24. The molecule has 0 fully saturated rings. The van der Waals surface area contributed by atoms with Gasteiger partial charge in [-0.3, -0.25) is 14.9 Å². The number of aromatic nitrogens is 1. The van der Waals surface area contributed by atoms with E-state index in [0.717, 1.165) is 0 Å². The highest BCUT2D eigenvalue weighted by Gasteiger charge is 2.11. The molecule has 2 N–H and O–H groups in total. The summed E-state index contributed by atoms with van der Waals surface area (Å²) in [6.45, 7) is 4.74. The fraction of sp³-hybridized carbons (Fsp3) is 0.312. The van der Waals surface area contributed by atoms with Crippen LogP contribution in [0.1, 0.15) is 29.9 Å². The Bertz CT molecular complexity index is 638. The van der Waals surface area contributed by atoms with Crippen molar-refractivity contribution in [2.45, 2.75) is 20.3 Å². The lowest BCUT2D eigenvalue weighted by Crippen LogP contribution is -2.28. The zero-order valence-corrected chi connectivity index (χ0v) is 13.4. The fourth-order valence-electron chi connectivity index (χ4n) is 1.75. The summed E-state index contributed by atoms with van der Waals surface area (Å²) in [7, 11) is 0. The predicted molar refractivity (Wildman–Crippen MR) is 88.1 cm³/mol. The number of benzene rings is 1. The second-order valence-corrected chi connectivity index (χ2v) is 6.20. The van der Waals surface area contributed by atoms with E-state index in [-0.39, 0.29) is 18.2 Å². The van der Waals surface area contributed by atoms with E-state index in [4.69, 9.17) is 0 Å². The van der Waals surface area contributed by atoms with Gasteiger partial charge < -0.3 is 5.32 Å². The van der Waals surface area contributed by atoms with Crippen molar-refractivity contribution in [2.24, 2.45) is 5.92 Å². The van der Waals surface area contributed by atoms with Crippen LogP contribution in [-0.2, 0) is 11.2 Å². The molecule has 1 heterocycles. The zero-order valence-electron chi connectivity index (χ0n) is 12.6. The first kappa shape index (κ1) is 16.2. The molecule has 5 nitrogen and oxygen atoms in total. The number of hydrogen-bond donors (Lipinski definition) is 2. The van der Waals surface area contributed by atoms with Crippen LogP contribution in [-0.4, -0.2) is 23.3 Å². The molecule has 2 rings (SSSR count). The quantitative estimate of drug-likeness (QED) is 0.860. The van der Waals surface area contributed by atoms with Crippen molar-refractivity contribution < 1.29 is 9.59 Å². The van der Waals surface area contributed by atoms with Gasteiger partial charge in [-0.15, -0.1) is 11.3 Å². The Labute approximate surface area is 133 Å². The lowest BCUT2D eigenvalue weighted by Gasteiger charge is -2.06. The zero-order chi connectivity index (χ0) is 15.9. The van der Waals surface area contributed by atoms with Gasteiger partial charge in [0.25, 0.3) is 5.91 Å². The van der Waals surface area contributed by atoms with Crippen LogP contribution in [0.15, 0.2) is 35.7 Å². The molecule has 0 unspecified atom stereocenters. The van der Waals surface area contributed by atoms with Crippen LogP contribution in [0.5, 0.6) is 0 Å². The molecule has 1 aromatic carbocycles. The smallest absolute Gasteiger partial charge is 0.257 e. The predicted octanol–water partition coefficient (Wildman–Crippen LogP) is 2.71. The van der Waals surface area contributed by atoms with Crippen LogP contribution in [0.3, 0.4) is 0 Å². The molecule has 0 aliphatic carbocycles. The normalized spacial score (nSPS) is 10.5. The molecule has 116 valence electrons. The number of hydrogen-bond acceptors (Lipinski definition) is 4. The SMILES string of the molecule is CC(C)CNC(=O)Cc1csc(NC(=O)c2ccccc2)n1. The van der Waals surface area contributed by atoms with Crippen molar-refractivity contribution >= 4 is 28.3 Å². The van der Waals surface area contributed by atoms with Crippen molar-refractivity contribution in [1.29, 1.82) is 0 Å². The number of amides is 2. The van der Waals surface area contributed by atoms with E-state index in [1.165, 1.54) is 11.3 Å². The van der Waals surface area contributed by atoms with Crippen molar-refractivity contribution in [3.63, 3.8) is 0 Å². The summed E-state index contributed by atoms with van der Waals surface area (Å²) in [6, 6.07) is 8.95. The minimum atomic E-state index is -0.203. The molecular formula is C16H19N3O2S. The number of nitrogens with one attached hydrogen (secondary N) is 2. The summed E-state index contributed by atoms with van der Waals surface area (Å²) in [5.74, 6) is 0.158. The summed E-state index contributed by atoms with van der Waals surface area (Å²) in [4.78, 5) is 28.0. The minimum Gasteiger partial charge on any atom is -0.356 e. The third kappa shape index (κ3) is 4.96. The Morgan fingerprint density at radius 2 is 1.95 bits per heavy atom. The van der Waals surface area contributed by atoms with E-state index in [9.17, 15) is 9.59 Å². The Morgan fingerprint density at radius 1 is 1.23 bits per heavy atom.